The first-order valence-electron chi connectivity index (χ1n) is 6.76. The lowest BCUT2D eigenvalue weighted by Crippen LogP contribution is -2.43. The van der Waals surface area contributed by atoms with Crippen LogP contribution in [0.25, 0.3) is 0 Å². The highest BCUT2D eigenvalue weighted by Crippen LogP contribution is 2.21. The number of nitrogens with one attached hydrogen (secondary N) is 1. The zero-order chi connectivity index (χ0) is 14.5. The number of pyridine rings is 1. The van der Waals surface area contributed by atoms with Gasteiger partial charge in [-0.25, -0.2) is 0 Å². The average Bonchev–Trinajstić information content (AvgIpc) is 2.38. The quantitative estimate of drug-likeness (QED) is 0.821. The Morgan fingerprint density at radius 1 is 1.37 bits per heavy atom. The summed E-state index contributed by atoms with van der Waals surface area (Å²) in [4.78, 5) is 16.1. The molecule has 0 aliphatic carbocycles. The highest BCUT2D eigenvalue weighted by atomic mass is 16.1. The van der Waals surface area contributed by atoms with Gasteiger partial charge >= 0.3 is 0 Å². The Balaban J connectivity index is 2.63. The van der Waals surface area contributed by atoms with Gasteiger partial charge in [0.05, 0.1) is 5.92 Å². The smallest absolute Gasteiger partial charge is 0.224 e. The van der Waals surface area contributed by atoms with Crippen molar-refractivity contribution in [3.8, 4) is 0 Å². The van der Waals surface area contributed by atoms with Crippen LogP contribution in [0.4, 0.5) is 0 Å². The number of nitrogens with zero attached hydrogens (tertiary/aromatic N) is 1. The summed E-state index contributed by atoms with van der Waals surface area (Å²) in [6, 6.07) is 3.96. The minimum Gasteiger partial charge on any atom is -0.355 e. The van der Waals surface area contributed by atoms with Crippen molar-refractivity contribution in [2.75, 3.05) is 13.1 Å². The predicted molar refractivity (Wildman–Crippen MR) is 77.7 cm³/mol. The Bertz CT molecular complexity index is 401. The van der Waals surface area contributed by atoms with Gasteiger partial charge in [0.1, 0.15) is 0 Å². The first-order chi connectivity index (χ1) is 8.88. The number of hydrogen-bond acceptors (Lipinski definition) is 3. The molecule has 0 saturated carbocycles. The predicted octanol–water partition coefficient (Wildman–Crippen LogP) is 1.71. The lowest BCUT2D eigenvalue weighted by Gasteiger charge is -2.27. The van der Waals surface area contributed by atoms with Gasteiger partial charge in [0.25, 0.3) is 0 Å². The number of hydrogen-bond donors (Lipinski definition) is 2. The number of carbonyl (C=O) groups excluding carboxylic acids is 1. The van der Waals surface area contributed by atoms with Crippen LogP contribution < -0.4 is 11.1 Å². The zero-order valence-electron chi connectivity index (χ0n) is 12.3. The van der Waals surface area contributed by atoms with Crippen LogP contribution in [-0.4, -0.2) is 24.0 Å². The van der Waals surface area contributed by atoms with E-state index < -0.39 is 0 Å². The van der Waals surface area contributed by atoms with E-state index in [1.165, 1.54) is 0 Å². The lowest BCUT2D eigenvalue weighted by molar-refractivity contribution is -0.126. The standard InChI is InChI=1S/C15H25N3O/c1-11(2)13(9-16)14(19)18-10-15(3,4)12-5-7-17-8-6-12/h5-8,11,13H,9-10,16H2,1-4H3,(H,18,19). The normalized spacial score (nSPS) is 13.4. The van der Waals surface area contributed by atoms with Gasteiger partial charge in [-0.3, -0.25) is 9.78 Å². The number of aromatic nitrogens is 1. The first-order valence-corrected chi connectivity index (χ1v) is 6.76. The van der Waals surface area contributed by atoms with E-state index in [-0.39, 0.29) is 23.2 Å². The molecule has 0 aromatic carbocycles. The SMILES string of the molecule is CC(C)C(CN)C(=O)NCC(C)(C)c1ccncc1. The van der Waals surface area contributed by atoms with E-state index in [0.717, 1.165) is 5.56 Å². The third-order valence-corrected chi connectivity index (χ3v) is 3.56. The molecule has 1 atom stereocenters. The second kappa shape index (κ2) is 6.66. The zero-order valence-corrected chi connectivity index (χ0v) is 12.3. The van der Waals surface area contributed by atoms with E-state index in [4.69, 9.17) is 5.73 Å². The summed E-state index contributed by atoms with van der Waals surface area (Å²) >= 11 is 0. The van der Waals surface area contributed by atoms with Crippen molar-refractivity contribution in [1.29, 1.82) is 0 Å². The monoisotopic (exact) mass is 263 g/mol. The average molecular weight is 263 g/mol. The summed E-state index contributed by atoms with van der Waals surface area (Å²) in [5.74, 6) is 0.182. The summed E-state index contributed by atoms with van der Waals surface area (Å²) < 4.78 is 0. The molecule has 4 heteroatoms. The first kappa shape index (κ1) is 15.6. The van der Waals surface area contributed by atoms with E-state index in [1.807, 2.05) is 26.0 Å². The summed E-state index contributed by atoms with van der Waals surface area (Å²) in [5.41, 5.74) is 6.70. The summed E-state index contributed by atoms with van der Waals surface area (Å²) in [7, 11) is 0. The Morgan fingerprint density at radius 3 is 2.42 bits per heavy atom. The second-order valence-electron chi connectivity index (χ2n) is 5.92. The maximum absolute atomic E-state index is 12.1. The fraction of sp³-hybridized carbons (Fsp3) is 0.600. The van der Waals surface area contributed by atoms with Crippen molar-refractivity contribution in [1.82, 2.24) is 10.3 Å². The van der Waals surface area contributed by atoms with Crippen molar-refractivity contribution < 1.29 is 4.79 Å². The summed E-state index contributed by atoms with van der Waals surface area (Å²) in [6.45, 7) is 9.24. The van der Waals surface area contributed by atoms with Crippen molar-refractivity contribution in [3.05, 3.63) is 30.1 Å². The maximum atomic E-state index is 12.1. The van der Waals surface area contributed by atoms with Crippen LogP contribution in [0, 0.1) is 11.8 Å². The Morgan fingerprint density at radius 2 is 1.95 bits per heavy atom. The van der Waals surface area contributed by atoms with Crippen LogP contribution in [-0.2, 0) is 10.2 Å². The molecule has 0 radical (unpaired) electrons. The third-order valence-electron chi connectivity index (χ3n) is 3.56. The molecule has 0 spiro atoms. The fourth-order valence-electron chi connectivity index (χ4n) is 2.03. The molecule has 0 saturated heterocycles. The van der Waals surface area contributed by atoms with E-state index in [2.05, 4.69) is 24.1 Å². The number of amides is 1. The van der Waals surface area contributed by atoms with E-state index >= 15 is 0 Å². The fourth-order valence-corrected chi connectivity index (χ4v) is 2.03. The van der Waals surface area contributed by atoms with E-state index in [0.29, 0.717) is 13.1 Å². The molecule has 1 heterocycles. The van der Waals surface area contributed by atoms with Gasteiger partial charge in [-0.1, -0.05) is 27.7 Å². The molecular weight excluding hydrogens is 238 g/mol. The lowest BCUT2D eigenvalue weighted by atomic mass is 9.85. The van der Waals surface area contributed by atoms with Crippen LogP contribution in [0.15, 0.2) is 24.5 Å². The van der Waals surface area contributed by atoms with Crippen LogP contribution in [0.3, 0.4) is 0 Å². The molecule has 19 heavy (non-hydrogen) atoms. The van der Waals surface area contributed by atoms with E-state index in [9.17, 15) is 4.79 Å². The molecule has 0 fully saturated rings. The molecule has 1 amide bonds. The Kier molecular flexibility index (Phi) is 5.48. The van der Waals surface area contributed by atoms with Gasteiger partial charge in [-0.2, -0.15) is 0 Å². The molecule has 3 N–H and O–H groups in total. The molecule has 0 bridgehead atoms. The van der Waals surface area contributed by atoms with Crippen molar-refractivity contribution >= 4 is 5.91 Å². The molecule has 1 aromatic heterocycles. The van der Waals surface area contributed by atoms with Crippen LogP contribution in [0.5, 0.6) is 0 Å². The molecule has 106 valence electrons. The summed E-state index contributed by atoms with van der Waals surface area (Å²) in [5, 5.41) is 3.01. The molecule has 0 aliphatic rings. The second-order valence-corrected chi connectivity index (χ2v) is 5.92. The number of nitrogens with two attached hydrogens (primary N) is 1. The Labute approximate surface area is 115 Å². The van der Waals surface area contributed by atoms with Gasteiger partial charge in [-0.15, -0.1) is 0 Å². The third kappa shape index (κ3) is 4.31. The molecule has 0 aliphatic heterocycles. The minimum absolute atomic E-state index is 0.0413. The molecule has 1 unspecified atom stereocenters. The van der Waals surface area contributed by atoms with E-state index in [1.54, 1.807) is 12.4 Å². The summed E-state index contributed by atoms with van der Waals surface area (Å²) in [6.07, 6.45) is 3.55. The van der Waals surface area contributed by atoms with Gasteiger partial charge in [0.2, 0.25) is 5.91 Å². The van der Waals surface area contributed by atoms with Crippen molar-refractivity contribution in [2.45, 2.75) is 33.1 Å². The maximum Gasteiger partial charge on any atom is 0.224 e. The van der Waals surface area contributed by atoms with Gasteiger partial charge < -0.3 is 11.1 Å². The van der Waals surface area contributed by atoms with Gasteiger partial charge in [0.15, 0.2) is 0 Å². The highest BCUT2D eigenvalue weighted by molar-refractivity contribution is 5.79. The van der Waals surface area contributed by atoms with Gasteiger partial charge in [0, 0.05) is 30.9 Å². The molecule has 1 aromatic rings. The molecular formula is C15H25N3O. The molecule has 1 rings (SSSR count). The van der Waals surface area contributed by atoms with Crippen LogP contribution in [0.2, 0.25) is 0 Å². The highest BCUT2D eigenvalue weighted by Gasteiger charge is 2.25. The number of carbonyl (C=O) groups is 1. The van der Waals surface area contributed by atoms with Crippen molar-refractivity contribution in [3.63, 3.8) is 0 Å². The molecule has 4 nitrogen and oxygen atoms in total. The van der Waals surface area contributed by atoms with Gasteiger partial charge in [-0.05, 0) is 23.6 Å². The Hall–Kier alpha value is -1.42. The minimum atomic E-state index is -0.117. The number of rotatable bonds is 6. The topological polar surface area (TPSA) is 68.0 Å². The van der Waals surface area contributed by atoms with Crippen LogP contribution >= 0.6 is 0 Å². The largest absolute Gasteiger partial charge is 0.355 e. The van der Waals surface area contributed by atoms with Crippen molar-refractivity contribution in [2.24, 2.45) is 17.6 Å². The van der Waals surface area contributed by atoms with Crippen LogP contribution in [0.1, 0.15) is 33.3 Å².